The molecule has 0 aliphatic rings. The average molecular weight is 191 g/mol. The molecule has 2 aromatic heterocycles. The van der Waals surface area contributed by atoms with Gasteiger partial charge in [-0.3, -0.25) is 0 Å². The lowest BCUT2D eigenvalue weighted by Gasteiger charge is -2.05. The van der Waals surface area contributed by atoms with Crippen molar-refractivity contribution >= 4 is 11.3 Å². The quantitative estimate of drug-likeness (QED) is 0.685. The van der Waals surface area contributed by atoms with Crippen LogP contribution in [0.25, 0.3) is 5.52 Å². The molecule has 0 fully saturated rings. The number of nitrogens with one attached hydrogen (secondary N) is 2. The Kier molecular flexibility index (Phi) is 2.60. The van der Waals surface area contributed by atoms with Crippen molar-refractivity contribution in [3.8, 4) is 0 Å². The summed E-state index contributed by atoms with van der Waals surface area (Å²) in [5.74, 6) is 0.875. The van der Waals surface area contributed by atoms with Gasteiger partial charge in [0.1, 0.15) is 5.52 Å². The van der Waals surface area contributed by atoms with Crippen molar-refractivity contribution in [2.24, 2.45) is 0 Å². The van der Waals surface area contributed by atoms with Gasteiger partial charge >= 0.3 is 0 Å². The zero-order chi connectivity index (χ0) is 9.80. The molecule has 0 amide bonds. The van der Waals surface area contributed by atoms with Gasteiger partial charge in [0, 0.05) is 25.5 Å². The number of hydrogen-bond donors (Lipinski definition) is 2. The van der Waals surface area contributed by atoms with E-state index in [9.17, 15) is 0 Å². The van der Waals surface area contributed by atoms with Crippen molar-refractivity contribution in [2.75, 3.05) is 25.5 Å². The predicted molar refractivity (Wildman–Crippen MR) is 55.4 cm³/mol. The third-order valence-electron chi connectivity index (χ3n) is 1.99. The van der Waals surface area contributed by atoms with E-state index in [1.807, 2.05) is 19.3 Å². The summed E-state index contributed by atoms with van der Waals surface area (Å²) in [5.41, 5.74) is 1.00. The molecule has 2 N–H and O–H groups in total. The summed E-state index contributed by atoms with van der Waals surface area (Å²) in [7, 11) is 1.93. The highest BCUT2D eigenvalue weighted by Gasteiger charge is 2.00. The van der Waals surface area contributed by atoms with Gasteiger partial charge < -0.3 is 10.6 Å². The molecular weight excluding hydrogens is 178 g/mol. The van der Waals surface area contributed by atoms with Crippen LogP contribution in [0.15, 0.2) is 24.7 Å². The van der Waals surface area contributed by atoms with Crippen LogP contribution in [-0.2, 0) is 0 Å². The highest BCUT2D eigenvalue weighted by atomic mass is 15.2. The van der Waals surface area contributed by atoms with Gasteiger partial charge in [0.25, 0.3) is 0 Å². The summed E-state index contributed by atoms with van der Waals surface area (Å²) in [6.45, 7) is 1.77. The lowest BCUT2D eigenvalue weighted by molar-refractivity contribution is 0.820. The Morgan fingerprint density at radius 3 is 3.14 bits per heavy atom. The van der Waals surface area contributed by atoms with Crippen molar-refractivity contribution in [3.05, 3.63) is 24.7 Å². The monoisotopic (exact) mass is 191 g/mol. The highest BCUT2D eigenvalue weighted by molar-refractivity contribution is 5.66. The number of aromatic nitrogens is 3. The fraction of sp³-hybridized carbons (Fsp3) is 0.333. The van der Waals surface area contributed by atoms with E-state index in [0.717, 1.165) is 24.4 Å². The first-order valence-electron chi connectivity index (χ1n) is 4.58. The van der Waals surface area contributed by atoms with Gasteiger partial charge in [-0.25, -0.2) is 9.50 Å². The van der Waals surface area contributed by atoms with Crippen LogP contribution in [0.1, 0.15) is 0 Å². The van der Waals surface area contributed by atoms with E-state index in [1.165, 1.54) is 0 Å². The molecule has 5 nitrogen and oxygen atoms in total. The standard InChI is InChI=1S/C9H13N5/c1-10-4-5-11-9-8-2-3-13-14(8)7-6-12-9/h2-3,6-7,10H,4-5H2,1H3,(H,11,12). The van der Waals surface area contributed by atoms with Crippen molar-refractivity contribution in [2.45, 2.75) is 0 Å². The predicted octanol–water partition coefficient (Wildman–Crippen LogP) is 0.361. The van der Waals surface area contributed by atoms with Gasteiger partial charge in [-0.15, -0.1) is 0 Å². The molecule has 0 aliphatic heterocycles. The second-order valence-electron chi connectivity index (χ2n) is 2.97. The molecule has 14 heavy (non-hydrogen) atoms. The van der Waals surface area contributed by atoms with Crippen molar-refractivity contribution in [3.63, 3.8) is 0 Å². The molecule has 0 aliphatic carbocycles. The first kappa shape index (κ1) is 8.96. The maximum absolute atomic E-state index is 4.25. The van der Waals surface area contributed by atoms with E-state index in [1.54, 1.807) is 16.9 Å². The van der Waals surface area contributed by atoms with Crippen molar-refractivity contribution in [1.29, 1.82) is 0 Å². The molecule has 0 spiro atoms. The Hall–Kier alpha value is -1.62. The van der Waals surface area contributed by atoms with E-state index in [2.05, 4.69) is 20.7 Å². The molecule has 0 saturated carbocycles. The maximum Gasteiger partial charge on any atom is 0.152 e. The third kappa shape index (κ3) is 1.67. The Bertz CT molecular complexity index is 408. The van der Waals surface area contributed by atoms with E-state index in [4.69, 9.17) is 0 Å². The molecular formula is C9H13N5. The van der Waals surface area contributed by atoms with Gasteiger partial charge in [-0.05, 0) is 13.1 Å². The number of anilines is 1. The zero-order valence-corrected chi connectivity index (χ0v) is 8.07. The summed E-state index contributed by atoms with van der Waals surface area (Å²) in [6, 6.07) is 1.94. The summed E-state index contributed by atoms with van der Waals surface area (Å²) >= 11 is 0. The van der Waals surface area contributed by atoms with Gasteiger partial charge in [0.05, 0.1) is 6.20 Å². The van der Waals surface area contributed by atoms with E-state index in [-0.39, 0.29) is 0 Å². The summed E-state index contributed by atoms with van der Waals surface area (Å²) in [6.07, 6.45) is 5.33. The minimum absolute atomic E-state index is 0.856. The molecule has 0 radical (unpaired) electrons. The molecule has 0 unspecified atom stereocenters. The minimum Gasteiger partial charge on any atom is -0.367 e. The second-order valence-corrected chi connectivity index (χ2v) is 2.97. The topological polar surface area (TPSA) is 54.2 Å². The van der Waals surface area contributed by atoms with Gasteiger partial charge in [0.2, 0.25) is 0 Å². The zero-order valence-electron chi connectivity index (χ0n) is 8.07. The van der Waals surface area contributed by atoms with Crippen LogP contribution in [0.5, 0.6) is 0 Å². The largest absolute Gasteiger partial charge is 0.367 e. The minimum atomic E-state index is 0.856. The van der Waals surface area contributed by atoms with Crippen LogP contribution in [0.4, 0.5) is 5.82 Å². The second kappa shape index (κ2) is 4.06. The molecule has 0 bridgehead atoms. The molecule has 74 valence electrons. The molecule has 5 heteroatoms. The molecule has 0 atom stereocenters. The Morgan fingerprint density at radius 2 is 2.29 bits per heavy atom. The number of fused-ring (bicyclic) bond motifs is 1. The lowest BCUT2D eigenvalue weighted by Crippen LogP contribution is -2.18. The van der Waals surface area contributed by atoms with Crippen LogP contribution >= 0.6 is 0 Å². The van der Waals surface area contributed by atoms with Crippen molar-refractivity contribution in [1.82, 2.24) is 19.9 Å². The molecule has 2 heterocycles. The lowest BCUT2D eigenvalue weighted by atomic mass is 10.4. The third-order valence-corrected chi connectivity index (χ3v) is 1.99. The van der Waals surface area contributed by atoms with Gasteiger partial charge in [-0.2, -0.15) is 5.10 Å². The maximum atomic E-state index is 4.25. The van der Waals surface area contributed by atoms with E-state index < -0.39 is 0 Å². The molecule has 2 rings (SSSR count). The summed E-state index contributed by atoms with van der Waals surface area (Å²) in [4.78, 5) is 4.25. The van der Waals surface area contributed by atoms with Gasteiger partial charge in [0.15, 0.2) is 5.82 Å². The Morgan fingerprint density at radius 1 is 1.36 bits per heavy atom. The fourth-order valence-corrected chi connectivity index (χ4v) is 1.30. The first-order valence-corrected chi connectivity index (χ1v) is 4.58. The number of hydrogen-bond acceptors (Lipinski definition) is 4. The molecule has 0 saturated heterocycles. The van der Waals surface area contributed by atoms with Crippen LogP contribution < -0.4 is 10.6 Å². The van der Waals surface area contributed by atoms with Crippen LogP contribution in [0.3, 0.4) is 0 Å². The smallest absolute Gasteiger partial charge is 0.152 e. The van der Waals surface area contributed by atoms with Gasteiger partial charge in [-0.1, -0.05) is 0 Å². The Labute approximate surface area is 82.2 Å². The molecule has 0 aromatic carbocycles. The Balaban J connectivity index is 2.19. The normalized spacial score (nSPS) is 10.6. The van der Waals surface area contributed by atoms with Crippen molar-refractivity contribution < 1.29 is 0 Å². The van der Waals surface area contributed by atoms with E-state index >= 15 is 0 Å². The number of likely N-dealkylation sites (N-methyl/N-ethyl adjacent to an activating group) is 1. The average Bonchev–Trinajstić information content (AvgIpc) is 2.67. The summed E-state index contributed by atoms with van der Waals surface area (Å²) < 4.78 is 1.80. The van der Waals surface area contributed by atoms with Crippen LogP contribution in [-0.4, -0.2) is 34.7 Å². The molecule has 2 aromatic rings. The first-order chi connectivity index (χ1) is 6.92. The van der Waals surface area contributed by atoms with Crippen LogP contribution in [0.2, 0.25) is 0 Å². The van der Waals surface area contributed by atoms with Crippen LogP contribution in [0, 0.1) is 0 Å². The SMILES string of the molecule is CNCCNc1nccn2nccc12. The van der Waals surface area contributed by atoms with E-state index in [0.29, 0.717) is 0 Å². The fourth-order valence-electron chi connectivity index (χ4n) is 1.30. The number of rotatable bonds is 4. The highest BCUT2D eigenvalue weighted by Crippen LogP contribution is 2.11. The summed E-state index contributed by atoms with van der Waals surface area (Å²) in [5, 5.41) is 10.4. The number of nitrogens with zero attached hydrogens (tertiary/aromatic N) is 3.